The van der Waals surface area contributed by atoms with Crippen molar-refractivity contribution in [2.45, 2.75) is 19.5 Å². The second-order valence-corrected chi connectivity index (χ2v) is 5.85. The molecule has 1 aromatic heterocycles. The largest absolute Gasteiger partial charge is 0.347 e. The van der Waals surface area contributed by atoms with Crippen LogP contribution in [0.4, 0.5) is 0 Å². The molecule has 2 heterocycles. The number of aromatic amines is 1. The number of benzene rings is 2. The highest BCUT2D eigenvalue weighted by Gasteiger charge is 2.17. The summed E-state index contributed by atoms with van der Waals surface area (Å²) in [5.41, 5.74) is 6.42. The Labute approximate surface area is 130 Å². The number of nitrogens with one attached hydrogen (secondary N) is 1. The first-order chi connectivity index (χ1) is 10.9. The van der Waals surface area contributed by atoms with Crippen molar-refractivity contribution in [2.24, 2.45) is 0 Å². The number of H-pyrrole nitrogens is 1. The first-order valence-electron chi connectivity index (χ1n) is 7.76. The van der Waals surface area contributed by atoms with E-state index in [1.165, 1.54) is 28.1 Å². The van der Waals surface area contributed by atoms with Crippen molar-refractivity contribution in [1.82, 2.24) is 14.9 Å². The molecule has 0 saturated carbocycles. The third-order valence-electron chi connectivity index (χ3n) is 4.32. The van der Waals surface area contributed by atoms with Crippen LogP contribution in [0.15, 0.2) is 60.9 Å². The van der Waals surface area contributed by atoms with Crippen LogP contribution in [0.2, 0.25) is 0 Å². The summed E-state index contributed by atoms with van der Waals surface area (Å²) in [6.45, 7) is 3.04. The summed E-state index contributed by atoms with van der Waals surface area (Å²) >= 11 is 0. The van der Waals surface area contributed by atoms with Crippen LogP contribution in [0.25, 0.3) is 11.1 Å². The number of hydrogen-bond donors (Lipinski definition) is 1. The molecular formula is C19H19N3. The Morgan fingerprint density at radius 1 is 0.955 bits per heavy atom. The first kappa shape index (κ1) is 13.3. The van der Waals surface area contributed by atoms with Gasteiger partial charge >= 0.3 is 0 Å². The normalized spacial score (nSPS) is 14.7. The summed E-state index contributed by atoms with van der Waals surface area (Å²) in [5.74, 6) is 0. The van der Waals surface area contributed by atoms with Gasteiger partial charge < -0.3 is 4.98 Å². The van der Waals surface area contributed by atoms with E-state index < -0.39 is 0 Å². The monoisotopic (exact) mass is 289 g/mol. The SMILES string of the molecule is c1ccc(-c2ccc(CN3CCc4nc[nH]c4C3)cc2)cc1. The number of aromatic nitrogens is 2. The lowest BCUT2D eigenvalue weighted by atomic mass is 10.0. The second-order valence-electron chi connectivity index (χ2n) is 5.85. The molecule has 0 bridgehead atoms. The van der Waals surface area contributed by atoms with E-state index in [4.69, 9.17) is 0 Å². The van der Waals surface area contributed by atoms with E-state index in [2.05, 4.69) is 69.5 Å². The van der Waals surface area contributed by atoms with Gasteiger partial charge in [-0.1, -0.05) is 54.6 Å². The number of nitrogens with zero attached hydrogens (tertiary/aromatic N) is 2. The van der Waals surface area contributed by atoms with E-state index in [9.17, 15) is 0 Å². The molecule has 0 spiro atoms. The highest BCUT2D eigenvalue weighted by Crippen LogP contribution is 2.21. The molecule has 1 aliphatic heterocycles. The highest BCUT2D eigenvalue weighted by molar-refractivity contribution is 5.63. The molecule has 4 rings (SSSR count). The molecule has 0 aliphatic carbocycles. The molecule has 3 aromatic rings. The Hall–Kier alpha value is -2.39. The molecule has 1 aliphatic rings. The summed E-state index contributed by atoms with van der Waals surface area (Å²) in [4.78, 5) is 10.1. The molecule has 0 fully saturated rings. The van der Waals surface area contributed by atoms with Gasteiger partial charge in [0.25, 0.3) is 0 Å². The van der Waals surface area contributed by atoms with Crippen molar-refractivity contribution in [3.63, 3.8) is 0 Å². The lowest BCUT2D eigenvalue weighted by Crippen LogP contribution is -2.30. The molecular weight excluding hydrogens is 270 g/mol. The minimum Gasteiger partial charge on any atom is -0.347 e. The van der Waals surface area contributed by atoms with Gasteiger partial charge in [-0.25, -0.2) is 4.98 Å². The van der Waals surface area contributed by atoms with Crippen LogP contribution in [0.3, 0.4) is 0 Å². The van der Waals surface area contributed by atoms with Gasteiger partial charge in [-0.3, -0.25) is 4.90 Å². The Balaban J connectivity index is 1.46. The third kappa shape index (κ3) is 2.68. The maximum Gasteiger partial charge on any atom is 0.0925 e. The van der Waals surface area contributed by atoms with Crippen molar-refractivity contribution in [1.29, 1.82) is 0 Å². The number of fused-ring (bicyclic) bond motifs is 1. The standard InChI is InChI=1S/C19H19N3/c1-2-4-16(5-3-1)17-8-6-15(7-9-17)12-22-11-10-18-19(13-22)21-14-20-18/h1-9,14H,10-13H2,(H,20,21). The van der Waals surface area contributed by atoms with Crippen LogP contribution in [-0.4, -0.2) is 21.4 Å². The van der Waals surface area contributed by atoms with Crippen LogP contribution >= 0.6 is 0 Å². The molecule has 0 atom stereocenters. The summed E-state index contributed by atoms with van der Waals surface area (Å²) in [6.07, 6.45) is 2.85. The van der Waals surface area contributed by atoms with Crippen molar-refractivity contribution < 1.29 is 0 Å². The van der Waals surface area contributed by atoms with Crippen molar-refractivity contribution in [3.05, 3.63) is 77.9 Å². The molecule has 0 radical (unpaired) electrons. The number of imidazole rings is 1. The maximum absolute atomic E-state index is 4.36. The molecule has 2 aromatic carbocycles. The highest BCUT2D eigenvalue weighted by atomic mass is 15.1. The molecule has 0 unspecified atom stereocenters. The second kappa shape index (κ2) is 5.78. The minimum atomic E-state index is 0.968. The molecule has 3 nitrogen and oxygen atoms in total. The van der Waals surface area contributed by atoms with Crippen LogP contribution in [0, 0.1) is 0 Å². The molecule has 22 heavy (non-hydrogen) atoms. The van der Waals surface area contributed by atoms with Crippen molar-refractivity contribution >= 4 is 0 Å². The Morgan fingerprint density at radius 2 is 1.73 bits per heavy atom. The number of rotatable bonds is 3. The van der Waals surface area contributed by atoms with Crippen molar-refractivity contribution in [3.8, 4) is 11.1 Å². The van der Waals surface area contributed by atoms with Gasteiger partial charge in [0, 0.05) is 26.1 Å². The summed E-state index contributed by atoms with van der Waals surface area (Å²) < 4.78 is 0. The van der Waals surface area contributed by atoms with Gasteiger partial charge in [0.15, 0.2) is 0 Å². The van der Waals surface area contributed by atoms with E-state index in [-0.39, 0.29) is 0 Å². The smallest absolute Gasteiger partial charge is 0.0925 e. The fourth-order valence-corrected chi connectivity index (χ4v) is 3.09. The lowest BCUT2D eigenvalue weighted by Gasteiger charge is -2.26. The molecule has 3 heteroatoms. The van der Waals surface area contributed by atoms with Crippen LogP contribution in [0.5, 0.6) is 0 Å². The van der Waals surface area contributed by atoms with E-state index in [0.29, 0.717) is 0 Å². The zero-order valence-corrected chi connectivity index (χ0v) is 12.5. The van der Waals surface area contributed by atoms with Crippen LogP contribution in [0.1, 0.15) is 17.0 Å². The summed E-state index contributed by atoms with van der Waals surface area (Å²) in [6, 6.07) is 19.4. The van der Waals surface area contributed by atoms with E-state index in [1.54, 1.807) is 0 Å². The van der Waals surface area contributed by atoms with E-state index in [0.717, 1.165) is 26.1 Å². The molecule has 110 valence electrons. The third-order valence-corrected chi connectivity index (χ3v) is 4.32. The maximum atomic E-state index is 4.36. The Bertz CT molecular complexity index is 744. The van der Waals surface area contributed by atoms with E-state index >= 15 is 0 Å². The Morgan fingerprint density at radius 3 is 2.55 bits per heavy atom. The van der Waals surface area contributed by atoms with Gasteiger partial charge in [-0.05, 0) is 16.7 Å². The first-order valence-corrected chi connectivity index (χ1v) is 7.76. The summed E-state index contributed by atoms with van der Waals surface area (Å²) in [5, 5.41) is 0. The minimum absolute atomic E-state index is 0.968. The number of hydrogen-bond acceptors (Lipinski definition) is 2. The van der Waals surface area contributed by atoms with Gasteiger partial charge in [0.05, 0.1) is 17.7 Å². The predicted molar refractivity (Wildman–Crippen MR) is 88.3 cm³/mol. The van der Waals surface area contributed by atoms with Gasteiger partial charge in [-0.15, -0.1) is 0 Å². The zero-order chi connectivity index (χ0) is 14.8. The fraction of sp³-hybridized carbons (Fsp3) is 0.211. The average Bonchev–Trinajstić information content (AvgIpc) is 3.04. The zero-order valence-electron chi connectivity index (χ0n) is 12.5. The van der Waals surface area contributed by atoms with E-state index in [1.807, 2.05) is 6.33 Å². The topological polar surface area (TPSA) is 31.9 Å². The van der Waals surface area contributed by atoms with Crippen LogP contribution < -0.4 is 0 Å². The van der Waals surface area contributed by atoms with Gasteiger partial charge in [0.2, 0.25) is 0 Å². The molecule has 0 amide bonds. The molecule has 1 N–H and O–H groups in total. The van der Waals surface area contributed by atoms with Gasteiger partial charge in [-0.2, -0.15) is 0 Å². The summed E-state index contributed by atoms with van der Waals surface area (Å²) in [7, 11) is 0. The Kier molecular flexibility index (Phi) is 3.49. The lowest BCUT2D eigenvalue weighted by molar-refractivity contribution is 0.241. The van der Waals surface area contributed by atoms with Crippen molar-refractivity contribution in [2.75, 3.05) is 6.54 Å². The molecule has 0 saturated heterocycles. The average molecular weight is 289 g/mol. The predicted octanol–water partition coefficient (Wildman–Crippen LogP) is 3.64. The quantitative estimate of drug-likeness (QED) is 0.798. The fourth-order valence-electron chi connectivity index (χ4n) is 3.09. The van der Waals surface area contributed by atoms with Crippen LogP contribution in [-0.2, 0) is 19.5 Å². The van der Waals surface area contributed by atoms with Gasteiger partial charge in [0.1, 0.15) is 0 Å².